The van der Waals surface area contributed by atoms with Crippen molar-refractivity contribution in [1.29, 1.82) is 0 Å². The topological polar surface area (TPSA) is 88.5 Å². The van der Waals surface area contributed by atoms with Crippen molar-refractivity contribution in [2.75, 3.05) is 37.7 Å². The van der Waals surface area contributed by atoms with Crippen molar-refractivity contribution in [2.45, 2.75) is 6.92 Å². The highest BCUT2D eigenvalue weighted by Gasteiger charge is 2.25. The van der Waals surface area contributed by atoms with Gasteiger partial charge < -0.3 is 14.5 Å². The van der Waals surface area contributed by atoms with Crippen LogP contribution in [0, 0.1) is 0 Å². The molecule has 9 heteroatoms. The van der Waals surface area contributed by atoms with E-state index < -0.39 is 0 Å². The van der Waals surface area contributed by atoms with Crippen molar-refractivity contribution < 1.29 is 14.3 Å². The Labute approximate surface area is 155 Å². The molecular weight excluding hydrogens is 358 g/mol. The maximum Gasteiger partial charge on any atom is 0.339 e. The number of rotatable bonds is 4. The van der Waals surface area contributed by atoms with Gasteiger partial charge in [0, 0.05) is 44.8 Å². The third-order valence-electron chi connectivity index (χ3n) is 4.01. The van der Waals surface area contributed by atoms with Gasteiger partial charge in [-0.25, -0.2) is 19.7 Å². The molecule has 2 aromatic heterocycles. The average molecular weight is 376 g/mol. The summed E-state index contributed by atoms with van der Waals surface area (Å²) in [5, 5.41) is 0.108. The molecule has 26 heavy (non-hydrogen) atoms. The number of piperazine rings is 1. The Bertz CT molecular complexity index is 791. The van der Waals surface area contributed by atoms with Gasteiger partial charge in [-0.1, -0.05) is 11.6 Å². The van der Waals surface area contributed by atoms with Crippen molar-refractivity contribution in [3.63, 3.8) is 0 Å². The van der Waals surface area contributed by atoms with E-state index in [1.807, 2.05) is 0 Å². The van der Waals surface area contributed by atoms with Crippen LogP contribution in [0.15, 0.2) is 30.7 Å². The second-order valence-corrected chi connectivity index (χ2v) is 5.96. The first-order chi connectivity index (χ1) is 12.6. The second-order valence-electron chi connectivity index (χ2n) is 5.60. The molecule has 1 amide bonds. The number of amides is 1. The number of carbonyl (C=O) groups is 2. The molecule has 0 spiro atoms. The van der Waals surface area contributed by atoms with Gasteiger partial charge in [-0.05, 0) is 19.1 Å². The highest BCUT2D eigenvalue weighted by Crippen LogP contribution is 2.17. The number of hydrogen-bond donors (Lipinski definition) is 0. The predicted molar refractivity (Wildman–Crippen MR) is 95.4 cm³/mol. The van der Waals surface area contributed by atoms with Crippen LogP contribution in [-0.4, -0.2) is 64.5 Å². The Morgan fingerprint density at radius 1 is 1.12 bits per heavy atom. The molecule has 1 saturated heterocycles. The van der Waals surface area contributed by atoms with E-state index >= 15 is 0 Å². The van der Waals surface area contributed by atoms with Gasteiger partial charge in [0.1, 0.15) is 5.82 Å². The van der Waals surface area contributed by atoms with E-state index in [2.05, 4.69) is 19.9 Å². The van der Waals surface area contributed by atoms with Crippen LogP contribution < -0.4 is 4.90 Å². The summed E-state index contributed by atoms with van der Waals surface area (Å²) < 4.78 is 4.95. The van der Waals surface area contributed by atoms with Gasteiger partial charge in [0.2, 0.25) is 0 Å². The molecule has 0 aromatic carbocycles. The minimum Gasteiger partial charge on any atom is -0.462 e. The van der Waals surface area contributed by atoms with Crippen molar-refractivity contribution in [2.24, 2.45) is 0 Å². The molecule has 0 unspecified atom stereocenters. The van der Waals surface area contributed by atoms with Crippen molar-refractivity contribution in [3.8, 4) is 0 Å². The van der Waals surface area contributed by atoms with Gasteiger partial charge in [0.05, 0.1) is 12.2 Å². The first-order valence-corrected chi connectivity index (χ1v) is 8.62. The van der Waals surface area contributed by atoms with Gasteiger partial charge >= 0.3 is 5.97 Å². The molecule has 0 radical (unpaired) electrons. The van der Waals surface area contributed by atoms with E-state index in [0.29, 0.717) is 38.3 Å². The normalized spacial score (nSPS) is 14.2. The zero-order chi connectivity index (χ0) is 18.5. The Hall–Kier alpha value is -2.74. The van der Waals surface area contributed by atoms with Crippen LogP contribution in [0.25, 0.3) is 0 Å². The Morgan fingerprint density at radius 2 is 1.85 bits per heavy atom. The van der Waals surface area contributed by atoms with Crippen LogP contribution >= 0.6 is 11.6 Å². The predicted octanol–water partition coefficient (Wildman–Crippen LogP) is 1.66. The summed E-state index contributed by atoms with van der Waals surface area (Å²) in [7, 11) is 0. The Morgan fingerprint density at radius 3 is 2.46 bits per heavy atom. The summed E-state index contributed by atoms with van der Waals surface area (Å²) in [6, 6.07) is 3.47. The lowest BCUT2D eigenvalue weighted by atomic mass is 10.2. The smallest absolute Gasteiger partial charge is 0.339 e. The minimum absolute atomic E-state index is 0.108. The van der Waals surface area contributed by atoms with Crippen LogP contribution in [-0.2, 0) is 4.74 Å². The number of nitrogens with zero attached hydrogens (tertiary/aromatic N) is 5. The van der Waals surface area contributed by atoms with Crippen LogP contribution in [0.1, 0.15) is 27.8 Å². The molecule has 1 aliphatic rings. The quantitative estimate of drug-likeness (QED) is 0.751. The minimum atomic E-state index is -0.386. The van der Waals surface area contributed by atoms with E-state index in [-0.39, 0.29) is 22.7 Å². The summed E-state index contributed by atoms with van der Waals surface area (Å²) >= 11 is 5.95. The number of aromatic nitrogens is 3. The number of pyridine rings is 1. The van der Waals surface area contributed by atoms with E-state index in [0.717, 1.165) is 5.82 Å². The number of halogens is 1. The molecular formula is C17H18ClN5O3. The fourth-order valence-electron chi connectivity index (χ4n) is 2.66. The third-order valence-corrected chi connectivity index (χ3v) is 4.28. The van der Waals surface area contributed by atoms with Crippen molar-refractivity contribution in [3.05, 3.63) is 47.1 Å². The zero-order valence-corrected chi connectivity index (χ0v) is 15.0. The molecule has 8 nitrogen and oxygen atoms in total. The molecule has 0 atom stereocenters. The SMILES string of the molecule is CCOC(=O)c1ccc(N2CCN(C(=O)c3nccnc3Cl)CC2)nc1. The summed E-state index contributed by atoms with van der Waals surface area (Å²) in [6.45, 7) is 4.37. The second kappa shape index (κ2) is 8.09. The van der Waals surface area contributed by atoms with Crippen LogP contribution in [0.2, 0.25) is 5.15 Å². The maximum atomic E-state index is 12.5. The molecule has 3 heterocycles. The molecule has 136 valence electrons. The van der Waals surface area contributed by atoms with Crippen molar-refractivity contribution >= 4 is 29.3 Å². The Balaban J connectivity index is 1.61. The highest BCUT2D eigenvalue weighted by molar-refractivity contribution is 6.32. The lowest BCUT2D eigenvalue weighted by molar-refractivity contribution is 0.0525. The summed E-state index contributed by atoms with van der Waals surface area (Å²) in [4.78, 5) is 40.1. The van der Waals surface area contributed by atoms with Crippen LogP contribution in [0.3, 0.4) is 0 Å². The number of anilines is 1. The van der Waals surface area contributed by atoms with Gasteiger partial charge in [0.25, 0.3) is 5.91 Å². The highest BCUT2D eigenvalue weighted by atomic mass is 35.5. The Kier molecular flexibility index (Phi) is 5.62. The van der Waals surface area contributed by atoms with Gasteiger partial charge in [-0.2, -0.15) is 0 Å². The van der Waals surface area contributed by atoms with Crippen LogP contribution in [0.4, 0.5) is 5.82 Å². The lowest BCUT2D eigenvalue weighted by Crippen LogP contribution is -2.49. The fraction of sp³-hybridized carbons (Fsp3) is 0.353. The first-order valence-electron chi connectivity index (χ1n) is 8.24. The van der Waals surface area contributed by atoms with E-state index in [1.165, 1.54) is 18.6 Å². The van der Waals surface area contributed by atoms with E-state index in [1.54, 1.807) is 24.0 Å². The molecule has 0 bridgehead atoms. The molecule has 2 aromatic rings. The summed E-state index contributed by atoms with van der Waals surface area (Å²) in [5.74, 6) is 0.138. The lowest BCUT2D eigenvalue weighted by Gasteiger charge is -2.35. The maximum absolute atomic E-state index is 12.5. The summed E-state index contributed by atoms with van der Waals surface area (Å²) in [6.07, 6.45) is 4.40. The van der Waals surface area contributed by atoms with Gasteiger partial charge in [0.15, 0.2) is 10.8 Å². The van der Waals surface area contributed by atoms with Crippen LogP contribution in [0.5, 0.6) is 0 Å². The van der Waals surface area contributed by atoms with Gasteiger partial charge in [-0.3, -0.25) is 4.79 Å². The molecule has 3 rings (SSSR count). The molecule has 0 aliphatic carbocycles. The molecule has 1 aliphatic heterocycles. The number of esters is 1. The zero-order valence-electron chi connectivity index (χ0n) is 14.3. The van der Waals surface area contributed by atoms with Gasteiger partial charge in [-0.15, -0.1) is 0 Å². The molecule has 1 fully saturated rings. The number of carbonyl (C=O) groups excluding carboxylic acids is 2. The summed E-state index contributed by atoms with van der Waals surface area (Å²) in [5.41, 5.74) is 0.584. The fourth-order valence-corrected chi connectivity index (χ4v) is 2.85. The van der Waals surface area contributed by atoms with Crippen molar-refractivity contribution in [1.82, 2.24) is 19.9 Å². The number of ether oxygens (including phenoxy) is 1. The van der Waals surface area contributed by atoms with E-state index in [9.17, 15) is 9.59 Å². The standard InChI is InChI=1S/C17H18ClN5O3/c1-2-26-17(25)12-3-4-13(21-11-12)22-7-9-23(10-8-22)16(24)14-15(18)20-6-5-19-14/h3-6,11H,2,7-10H2,1H3. The molecule has 0 saturated carbocycles. The average Bonchev–Trinajstić information content (AvgIpc) is 2.68. The monoisotopic (exact) mass is 375 g/mol. The number of hydrogen-bond acceptors (Lipinski definition) is 7. The van der Waals surface area contributed by atoms with E-state index in [4.69, 9.17) is 16.3 Å². The largest absolute Gasteiger partial charge is 0.462 e. The first kappa shape index (κ1) is 18.1. The molecule has 0 N–H and O–H groups in total. The third kappa shape index (κ3) is 3.91.